The quantitative estimate of drug-likeness (QED) is 0.859. The second kappa shape index (κ2) is 7.02. The molecular formula is C15H13BrFNO3S. The van der Waals surface area contributed by atoms with Gasteiger partial charge >= 0.3 is 0 Å². The van der Waals surface area contributed by atoms with E-state index < -0.39 is 27.3 Å². The van der Waals surface area contributed by atoms with E-state index in [1.165, 1.54) is 24.3 Å². The lowest BCUT2D eigenvalue weighted by molar-refractivity contribution is -0.113. The molecule has 1 amide bonds. The molecule has 0 bridgehead atoms. The topological polar surface area (TPSA) is 63.2 Å². The molecule has 0 saturated carbocycles. The van der Waals surface area contributed by atoms with E-state index in [0.29, 0.717) is 11.3 Å². The van der Waals surface area contributed by atoms with Gasteiger partial charge in [0, 0.05) is 10.2 Å². The summed E-state index contributed by atoms with van der Waals surface area (Å²) in [5.41, 5.74) is 0.952. The molecule has 2 rings (SSSR count). The van der Waals surface area contributed by atoms with Crippen LogP contribution in [0.3, 0.4) is 0 Å². The first-order valence-corrected chi connectivity index (χ1v) is 8.96. The third kappa shape index (κ3) is 5.23. The van der Waals surface area contributed by atoms with Crippen LogP contribution in [0, 0.1) is 5.82 Å². The van der Waals surface area contributed by atoms with Gasteiger partial charge in [0.15, 0.2) is 9.84 Å². The first kappa shape index (κ1) is 16.6. The van der Waals surface area contributed by atoms with Crippen molar-refractivity contribution in [2.75, 3.05) is 11.1 Å². The molecule has 116 valence electrons. The van der Waals surface area contributed by atoms with E-state index in [4.69, 9.17) is 0 Å². The molecule has 4 nitrogen and oxygen atoms in total. The predicted molar refractivity (Wildman–Crippen MR) is 86.7 cm³/mol. The zero-order valence-corrected chi connectivity index (χ0v) is 13.8. The van der Waals surface area contributed by atoms with Crippen LogP contribution in [0.5, 0.6) is 0 Å². The molecule has 7 heteroatoms. The summed E-state index contributed by atoms with van der Waals surface area (Å²) in [6.07, 6.45) is 0. The van der Waals surface area contributed by atoms with Gasteiger partial charge in [-0.15, -0.1) is 0 Å². The minimum Gasteiger partial charge on any atom is -0.325 e. The molecule has 0 fully saturated rings. The van der Waals surface area contributed by atoms with E-state index in [1.54, 1.807) is 24.3 Å². The smallest absolute Gasteiger partial charge is 0.239 e. The average molecular weight is 386 g/mol. The lowest BCUT2D eigenvalue weighted by Crippen LogP contribution is -2.23. The Morgan fingerprint density at radius 1 is 1.14 bits per heavy atom. The number of hydrogen-bond acceptors (Lipinski definition) is 3. The maximum Gasteiger partial charge on any atom is 0.239 e. The molecule has 0 aliphatic carbocycles. The number of amides is 1. The molecule has 0 saturated heterocycles. The zero-order valence-electron chi connectivity index (χ0n) is 11.4. The van der Waals surface area contributed by atoms with Crippen molar-refractivity contribution in [2.24, 2.45) is 0 Å². The van der Waals surface area contributed by atoms with Crippen LogP contribution in [0.4, 0.5) is 10.1 Å². The highest BCUT2D eigenvalue weighted by Crippen LogP contribution is 2.15. The highest BCUT2D eigenvalue weighted by molar-refractivity contribution is 9.10. The fourth-order valence-electron chi connectivity index (χ4n) is 1.86. The van der Waals surface area contributed by atoms with Crippen LogP contribution < -0.4 is 5.32 Å². The molecule has 0 atom stereocenters. The van der Waals surface area contributed by atoms with Crippen molar-refractivity contribution in [3.05, 3.63) is 64.4 Å². The van der Waals surface area contributed by atoms with E-state index in [9.17, 15) is 17.6 Å². The molecule has 22 heavy (non-hydrogen) atoms. The van der Waals surface area contributed by atoms with Gasteiger partial charge in [0.05, 0.1) is 5.75 Å². The summed E-state index contributed by atoms with van der Waals surface area (Å²) in [7, 11) is -3.59. The predicted octanol–water partition coefficient (Wildman–Crippen LogP) is 3.14. The Morgan fingerprint density at radius 2 is 1.82 bits per heavy atom. The van der Waals surface area contributed by atoms with Crippen molar-refractivity contribution < 1.29 is 17.6 Å². The number of sulfone groups is 1. The number of nitrogens with one attached hydrogen (secondary N) is 1. The van der Waals surface area contributed by atoms with Crippen LogP contribution in [-0.2, 0) is 20.4 Å². The fraction of sp³-hybridized carbons (Fsp3) is 0.133. The lowest BCUT2D eigenvalue weighted by atomic mass is 10.2. The summed E-state index contributed by atoms with van der Waals surface area (Å²) in [4.78, 5) is 11.8. The Labute approximate surface area is 136 Å². The maximum absolute atomic E-state index is 12.8. The Balaban J connectivity index is 1.99. The molecule has 0 spiro atoms. The Morgan fingerprint density at radius 3 is 2.45 bits per heavy atom. The summed E-state index contributed by atoms with van der Waals surface area (Å²) in [6.45, 7) is 0. The molecular weight excluding hydrogens is 373 g/mol. The highest BCUT2D eigenvalue weighted by Gasteiger charge is 2.17. The van der Waals surface area contributed by atoms with Gasteiger partial charge in [0.2, 0.25) is 5.91 Å². The molecule has 0 unspecified atom stereocenters. The van der Waals surface area contributed by atoms with E-state index in [1.807, 2.05) is 0 Å². The number of hydrogen-bond donors (Lipinski definition) is 1. The van der Waals surface area contributed by atoms with Crippen molar-refractivity contribution >= 4 is 37.4 Å². The number of carbonyl (C=O) groups is 1. The molecule has 2 aromatic carbocycles. The van der Waals surface area contributed by atoms with Crippen molar-refractivity contribution in [3.8, 4) is 0 Å². The third-order valence-electron chi connectivity index (χ3n) is 2.75. The molecule has 0 aliphatic rings. The van der Waals surface area contributed by atoms with E-state index in [2.05, 4.69) is 21.2 Å². The maximum atomic E-state index is 12.8. The average Bonchev–Trinajstić information content (AvgIpc) is 2.40. The lowest BCUT2D eigenvalue weighted by Gasteiger charge is -2.07. The zero-order chi connectivity index (χ0) is 16.2. The van der Waals surface area contributed by atoms with Gasteiger partial charge in [0.1, 0.15) is 11.6 Å². The number of carbonyl (C=O) groups excluding carboxylic acids is 1. The first-order chi connectivity index (χ1) is 10.3. The number of benzene rings is 2. The standard InChI is InChI=1S/C15H13BrFNO3S/c16-12-3-1-2-11(8-12)9-22(20,21)10-15(19)18-14-6-4-13(17)5-7-14/h1-8H,9-10H2,(H,18,19). The number of rotatable bonds is 5. The van der Waals surface area contributed by atoms with Crippen molar-refractivity contribution in [1.29, 1.82) is 0 Å². The molecule has 0 radical (unpaired) electrons. The monoisotopic (exact) mass is 385 g/mol. The molecule has 0 aromatic heterocycles. The van der Waals surface area contributed by atoms with Gasteiger partial charge in [-0.2, -0.15) is 0 Å². The van der Waals surface area contributed by atoms with Crippen molar-refractivity contribution in [2.45, 2.75) is 5.75 Å². The molecule has 0 aliphatic heterocycles. The van der Waals surface area contributed by atoms with Crippen molar-refractivity contribution in [3.63, 3.8) is 0 Å². The summed E-state index contributed by atoms with van der Waals surface area (Å²) >= 11 is 3.27. The Kier molecular flexibility index (Phi) is 5.31. The van der Waals surface area contributed by atoms with Crippen LogP contribution in [0.2, 0.25) is 0 Å². The van der Waals surface area contributed by atoms with E-state index >= 15 is 0 Å². The van der Waals surface area contributed by atoms with Gasteiger partial charge in [-0.3, -0.25) is 4.79 Å². The Bertz CT molecular complexity index is 776. The van der Waals surface area contributed by atoms with Gasteiger partial charge < -0.3 is 5.32 Å². The van der Waals surface area contributed by atoms with Crippen LogP contribution in [0.25, 0.3) is 0 Å². The van der Waals surface area contributed by atoms with Crippen LogP contribution >= 0.6 is 15.9 Å². The second-order valence-corrected chi connectivity index (χ2v) is 7.70. The SMILES string of the molecule is O=C(CS(=O)(=O)Cc1cccc(Br)c1)Nc1ccc(F)cc1. The first-order valence-electron chi connectivity index (χ1n) is 6.34. The molecule has 0 heterocycles. The fourth-order valence-corrected chi connectivity index (χ4v) is 3.57. The van der Waals surface area contributed by atoms with Crippen LogP contribution in [0.15, 0.2) is 53.0 Å². The van der Waals surface area contributed by atoms with Gasteiger partial charge in [-0.25, -0.2) is 12.8 Å². The van der Waals surface area contributed by atoms with Crippen LogP contribution in [0.1, 0.15) is 5.56 Å². The Hall–Kier alpha value is -1.73. The van der Waals surface area contributed by atoms with E-state index in [-0.39, 0.29) is 5.75 Å². The van der Waals surface area contributed by atoms with Crippen molar-refractivity contribution in [1.82, 2.24) is 0 Å². The minimum atomic E-state index is -3.59. The summed E-state index contributed by atoms with van der Waals surface area (Å²) in [6, 6.07) is 12.0. The highest BCUT2D eigenvalue weighted by atomic mass is 79.9. The normalized spacial score (nSPS) is 11.2. The van der Waals surface area contributed by atoms with Gasteiger partial charge in [-0.05, 0) is 42.0 Å². The summed E-state index contributed by atoms with van der Waals surface area (Å²) in [5.74, 6) is -1.93. The molecule has 2 aromatic rings. The van der Waals surface area contributed by atoms with Gasteiger partial charge in [-0.1, -0.05) is 28.1 Å². The summed E-state index contributed by atoms with van der Waals surface area (Å²) < 4.78 is 37.6. The largest absolute Gasteiger partial charge is 0.325 e. The van der Waals surface area contributed by atoms with Gasteiger partial charge in [0.25, 0.3) is 0 Å². The number of halogens is 2. The second-order valence-electron chi connectivity index (χ2n) is 4.72. The minimum absolute atomic E-state index is 0.219. The molecule has 1 N–H and O–H groups in total. The summed E-state index contributed by atoms with van der Waals surface area (Å²) in [5, 5.41) is 2.43. The number of anilines is 1. The van der Waals surface area contributed by atoms with E-state index in [0.717, 1.165) is 4.47 Å². The van der Waals surface area contributed by atoms with Crippen LogP contribution in [-0.4, -0.2) is 20.1 Å². The third-order valence-corrected chi connectivity index (χ3v) is 4.72.